The Labute approximate surface area is 199 Å². The summed E-state index contributed by atoms with van der Waals surface area (Å²) in [6.45, 7) is 7.78. The number of carbonyl (C=O) groups is 1. The zero-order chi connectivity index (χ0) is 23.2. The molecule has 1 amide bonds. The lowest BCUT2D eigenvalue weighted by Gasteiger charge is -2.10. The molecule has 170 valence electrons. The quantitative estimate of drug-likeness (QED) is 0.319. The van der Waals surface area contributed by atoms with Crippen molar-refractivity contribution in [3.05, 3.63) is 89.1 Å². The van der Waals surface area contributed by atoms with Gasteiger partial charge in [-0.3, -0.25) is 9.36 Å². The molecule has 4 aromatic rings. The Morgan fingerprint density at radius 3 is 2.64 bits per heavy atom. The van der Waals surface area contributed by atoms with E-state index in [9.17, 15) is 4.79 Å². The number of pyridine rings is 1. The second kappa shape index (κ2) is 10.7. The van der Waals surface area contributed by atoms with Crippen molar-refractivity contribution in [2.75, 3.05) is 6.54 Å². The molecular formula is C27H30N4OS. The fourth-order valence-corrected chi connectivity index (χ4v) is 4.61. The van der Waals surface area contributed by atoms with E-state index >= 15 is 0 Å². The molecule has 2 aromatic carbocycles. The van der Waals surface area contributed by atoms with Crippen LogP contribution in [0.2, 0.25) is 0 Å². The highest BCUT2D eigenvalue weighted by atomic mass is 32.2. The van der Waals surface area contributed by atoms with Gasteiger partial charge in [0.15, 0.2) is 10.8 Å². The third kappa shape index (κ3) is 6.02. The van der Waals surface area contributed by atoms with Crippen molar-refractivity contribution < 1.29 is 4.79 Å². The Morgan fingerprint density at radius 1 is 1.06 bits per heavy atom. The third-order valence-corrected chi connectivity index (χ3v) is 6.53. The largest absolute Gasteiger partial charge is 0.352 e. The van der Waals surface area contributed by atoms with Gasteiger partial charge in [0.1, 0.15) is 5.52 Å². The molecule has 0 bridgehead atoms. The normalized spacial score (nSPS) is 11.3. The van der Waals surface area contributed by atoms with Crippen LogP contribution in [-0.2, 0) is 12.3 Å². The van der Waals surface area contributed by atoms with E-state index in [1.807, 2.05) is 36.4 Å². The minimum Gasteiger partial charge on any atom is -0.352 e. The second-order valence-electron chi connectivity index (χ2n) is 8.74. The van der Waals surface area contributed by atoms with Crippen LogP contribution in [0, 0.1) is 12.8 Å². The summed E-state index contributed by atoms with van der Waals surface area (Å²) in [4.78, 5) is 21.8. The number of benzene rings is 2. The van der Waals surface area contributed by atoms with Crippen LogP contribution < -0.4 is 5.32 Å². The number of aromatic nitrogens is 3. The van der Waals surface area contributed by atoms with Gasteiger partial charge in [0, 0.05) is 24.1 Å². The number of thioether (sulfide) groups is 1. The maximum Gasteiger partial charge on any atom is 0.251 e. The van der Waals surface area contributed by atoms with E-state index in [2.05, 4.69) is 59.9 Å². The van der Waals surface area contributed by atoms with E-state index in [0.29, 0.717) is 24.6 Å². The summed E-state index contributed by atoms with van der Waals surface area (Å²) in [6, 6.07) is 20.3. The van der Waals surface area contributed by atoms with Crippen molar-refractivity contribution in [2.24, 2.45) is 5.92 Å². The number of imidazole rings is 1. The van der Waals surface area contributed by atoms with Gasteiger partial charge in [0.05, 0.1) is 6.54 Å². The molecule has 6 heteroatoms. The molecule has 33 heavy (non-hydrogen) atoms. The molecule has 0 spiro atoms. The lowest BCUT2D eigenvalue weighted by Crippen LogP contribution is -2.25. The average molecular weight is 459 g/mol. The van der Waals surface area contributed by atoms with Gasteiger partial charge in [0.2, 0.25) is 0 Å². The summed E-state index contributed by atoms with van der Waals surface area (Å²) in [6.07, 6.45) is 2.79. The van der Waals surface area contributed by atoms with Crippen LogP contribution in [0.1, 0.15) is 47.3 Å². The van der Waals surface area contributed by atoms with Gasteiger partial charge in [-0.15, -0.1) is 0 Å². The summed E-state index contributed by atoms with van der Waals surface area (Å²) in [5, 5.41) is 3.94. The lowest BCUT2D eigenvalue weighted by atomic mass is 10.1. The zero-order valence-corrected chi connectivity index (χ0v) is 20.2. The van der Waals surface area contributed by atoms with E-state index in [4.69, 9.17) is 4.98 Å². The average Bonchev–Trinajstić information content (AvgIpc) is 3.15. The standard InChI is InChI=1S/C27H30N4OS/c1-19(2)13-15-29-26(32)23-11-9-21(10-12-23)17-31-25-24(8-5-14-28-25)30-27(31)33-18-22-7-4-6-20(3)16-22/h4-12,14,16,19H,13,15,17-18H2,1-3H3,(H,29,32). The van der Waals surface area contributed by atoms with Crippen LogP contribution >= 0.6 is 11.8 Å². The highest BCUT2D eigenvalue weighted by Crippen LogP contribution is 2.27. The summed E-state index contributed by atoms with van der Waals surface area (Å²) in [7, 11) is 0. The molecular weight excluding hydrogens is 428 g/mol. The number of nitrogens with one attached hydrogen (secondary N) is 1. The molecule has 0 radical (unpaired) electrons. The molecule has 2 heterocycles. The first-order valence-electron chi connectivity index (χ1n) is 11.4. The topological polar surface area (TPSA) is 59.8 Å². The van der Waals surface area contributed by atoms with Crippen molar-refractivity contribution in [3.63, 3.8) is 0 Å². The summed E-state index contributed by atoms with van der Waals surface area (Å²) < 4.78 is 2.16. The molecule has 2 aromatic heterocycles. The minimum absolute atomic E-state index is 0.0219. The number of hydrogen-bond donors (Lipinski definition) is 1. The molecule has 0 saturated carbocycles. The maximum absolute atomic E-state index is 12.4. The van der Waals surface area contributed by atoms with E-state index in [1.165, 1.54) is 11.1 Å². The number of aryl methyl sites for hydroxylation is 1. The Morgan fingerprint density at radius 2 is 1.88 bits per heavy atom. The molecule has 0 aliphatic heterocycles. The van der Waals surface area contributed by atoms with Crippen LogP contribution in [0.4, 0.5) is 0 Å². The predicted octanol–water partition coefficient (Wildman–Crippen LogP) is 5.86. The Bertz CT molecular complexity index is 1230. The fourth-order valence-electron chi connectivity index (χ4n) is 3.66. The highest BCUT2D eigenvalue weighted by Gasteiger charge is 2.14. The SMILES string of the molecule is Cc1cccc(CSc2nc3cccnc3n2Cc2ccc(C(=O)NCCC(C)C)cc2)c1. The van der Waals surface area contributed by atoms with Gasteiger partial charge in [-0.2, -0.15) is 0 Å². The van der Waals surface area contributed by atoms with Crippen LogP contribution in [0.5, 0.6) is 0 Å². The first-order valence-corrected chi connectivity index (χ1v) is 12.3. The molecule has 5 nitrogen and oxygen atoms in total. The number of rotatable bonds is 9. The van der Waals surface area contributed by atoms with Crippen molar-refractivity contribution >= 4 is 28.8 Å². The van der Waals surface area contributed by atoms with Crippen molar-refractivity contribution in [1.82, 2.24) is 19.9 Å². The van der Waals surface area contributed by atoms with Crippen LogP contribution in [0.3, 0.4) is 0 Å². The summed E-state index contributed by atoms with van der Waals surface area (Å²) in [5.74, 6) is 1.40. The first-order chi connectivity index (χ1) is 16.0. The van der Waals surface area contributed by atoms with E-state index in [1.54, 1.807) is 18.0 Å². The smallest absolute Gasteiger partial charge is 0.251 e. The molecule has 0 fully saturated rings. The highest BCUT2D eigenvalue weighted by molar-refractivity contribution is 7.98. The Hall–Kier alpha value is -3.12. The number of nitrogens with zero attached hydrogens (tertiary/aromatic N) is 3. The van der Waals surface area contributed by atoms with Gasteiger partial charge in [-0.1, -0.05) is 67.6 Å². The monoisotopic (exact) mass is 458 g/mol. The Balaban J connectivity index is 1.50. The van der Waals surface area contributed by atoms with E-state index < -0.39 is 0 Å². The number of carbonyl (C=O) groups excluding carboxylic acids is 1. The zero-order valence-electron chi connectivity index (χ0n) is 19.4. The van der Waals surface area contributed by atoms with Crippen molar-refractivity contribution in [2.45, 2.75) is 44.6 Å². The van der Waals surface area contributed by atoms with Gasteiger partial charge in [-0.25, -0.2) is 9.97 Å². The molecule has 0 aliphatic carbocycles. The summed E-state index contributed by atoms with van der Waals surface area (Å²) in [5.41, 5.74) is 6.10. The van der Waals surface area contributed by atoms with Crippen molar-refractivity contribution in [3.8, 4) is 0 Å². The summed E-state index contributed by atoms with van der Waals surface area (Å²) >= 11 is 1.72. The number of fused-ring (bicyclic) bond motifs is 1. The van der Waals surface area contributed by atoms with Crippen LogP contribution in [0.15, 0.2) is 72.0 Å². The first kappa shape index (κ1) is 23.1. The number of amides is 1. The fraction of sp³-hybridized carbons (Fsp3) is 0.296. The molecule has 1 N–H and O–H groups in total. The van der Waals surface area contributed by atoms with Gasteiger partial charge >= 0.3 is 0 Å². The van der Waals surface area contributed by atoms with Crippen molar-refractivity contribution in [1.29, 1.82) is 0 Å². The van der Waals surface area contributed by atoms with E-state index in [0.717, 1.165) is 34.1 Å². The molecule has 0 atom stereocenters. The molecule has 0 unspecified atom stereocenters. The van der Waals surface area contributed by atoms with Crippen LogP contribution in [0.25, 0.3) is 11.2 Å². The predicted molar refractivity (Wildman–Crippen MR) is 136 cm³/mol. The van der Waals surface area contributed by atoms with E-state index in [-0.39, 0.29) is 5.91 Å². The number of hydrogen-bond acceptors (Lipinski definition) is 4. The molecule has 0 saturated heterocycles. The third-order valence-electron chi connectivity index (χ3n) is 5.48. The Kier molecular flexibility index (Phi) is 7.45. The van der Waals surface area contributed by atoms with Gasteiger partial charge in [0.25, 0.3) is 5.91 Å². The maximum atomic E-state index is 12.4. The van der Waals surface area contributed by atoms with Gasteiger partial charge in [-0.05, 0) is 54.7 Å². The molecule has 4 rings (SSSR count). The second-order valence-corrected chi connectivity index (χ2v) is 9.68. The minimum atomic E-state index is -0.0219. The lowest BCUT2D eigenvalue weighted by molar-refractivity contribution is 0.0952. The molecule has 0 aliphatic rings. The van der Waals surface area contributed by atoms with Gasteiger partial charge < -0.3 is 5.32 Å². The van der Waals surface area contributed by atoms with Crippen LogP contribution in [-0.4, -0.2) is 27.0 Å².